The first-order valence-corrected chi connectivity index (χ1v) is 10.0. The molecule has 12 heteroatoms. The van der Waals surface area contributed by atoms with Crippen molar-refractivity contribution in [1.29, 1.82) is 0 Å². The molecule has 0 bridgehead atoms. The SMILES string of the molecule is O=C(c1nnc(-c2ncccc2F)o1)N1CCc2[nH]cnc2C1c1cc2c(F)cccn2n1. The van der Waals surface area contributed by atoms with E-state index in [-0.39, 0.29) is 23.0 Å². The average Bonchev–Trinajstić information content (AvgIpc) is 3.57. The summed E-state index contributed by atoms with van der Waals surface area (Å²) in [7, 11) is 0. The molecule has 1 aliphatic heterocycles. The zero-order valence-electron chi connectivity index (χ0n) is 16.8. The van der Waals surface area contributed by atoms with Gasteiger partial charge in [0.05, 0.1) is 17.7 Å². The lowest BCUT2D eigenvalue weighted by Gasteiger charge is -2.32. The number of carbonyl (C=O) groups excluding carboxylic acids is 1. The summed E-state index contributed by atoms with van der Waals surface area (Å²) in [6.45, 7) is 0.296. The first kappa shape index (κ1) is 19.2. The first-order valence-electron chi connectivity index (χ1n) is 10.0. The molecule has 5 aromatic heterocycles. The maximum absolute atomic E-state index is 14.3. The highest BCUT2D eigenvalue weighted by molar-refractivity contribution is 5.90. The Hall–Kier alpha value is -4.48. The third-order valence-electron chi connectivity index (χ3n) is 5.50. The number of hydrogen-bond donors (Lipinski definition) is 1. The van der Waals surface area contributed by atoms with Crippen molar-refractivity contribution in [3.05, 3.63) is 83.7 Å². The van der Waals surface area contributed by atoms with E-state index in [9.17, 15) is 13.6 Å². The third kappa shape index (κ3) is 3.06. The van der Waals surface area contributed by atoms with Gasteiger partial charge in [0.15, 0.2) is 11.5 Å². The highest BCUT2D eigenvalue weighted by atomic mass is 19.1. The number of carbonyl (C=O) groups is 1. The highest BCUT2D eigenvalue weighted by Gasteiger charge is 2.38. The normalized spacial score (nSPS) is 15.7. The Kier molecular flexibility index (Phi) is 4.25. The van der Waals surface area contributed by atoms with E-state index < -0.39 is 23.6 Å². The maximum Gasteiger partial charge on any atom is 0.312 e. The summed E-state index contributed by atoms with van der Waals surface area (Å²) in [5.74, 6) is -2.20. The summed E-state index contributed by atoms with van der Waals surface area (Å²) in [6.07, 6.45) is 5.05. The zero-order valence-corrected chi connectivity index (χ0v) is 16.8. The van der Waals surface area contributed by atoms with Crippen LogP contribution in [0.15, 0.2) is 53.5 Å². The summed E-state index contributed by atoms with van der Waals surface area (Å²) in [6, 6.07) is 6.37. The number of nitrogens with one attached hydrogen (secondary N) is 1. The molecule has 1 atom stereocenters. The second kappa shape index (κ2) is 7.29. The van der Waals surface area contributed by atoms with Crippen molar-refractivity contribution in [2.45, 2.75) is 12.5 Å². The van der Waals surface area contributed by atoms with Gasteiger partial charge in [0.2, 0.25) is 0 Å². The maximum atomic E-state index is 14.3. The molecule has 0 spiro atoms. The van der Waals surface area contributed by atoms with Crippen molar-refractivity contribution in [3.63, 3.8) is 0 Å². The Balaban J connectivity index is 1.41. The van der Waals surface area contributed by atoms with Gasteiger partial charge >= 0.3 is 11.8 Å². The Labute approximate surface area is 183 Å². The van der Waals surface area contributed by atoms with Gasteiger partial charge in [-0.25, -0.2) is 23.3 Å². The molecule has 1 N–H and O–H groups in total. The fraction of sp³-hybridized carbons (Fsp3) is 0.143. The van der Waals surface area contributed by atoms with Crippen LogP contribution in [-0.4, -0.2) is 52.1 Å². The number of nitrogens with zero attached hydrogens (tertiary/aromatic N) is 7. The molecule has 6 rings (SSSR count). The van der Waals surface area contributed by atoms with Crippen molar-refractivity contribution in [2.75, 3.05) is 6.54 Å². The largest absolute Gasteiger partial charge is 0.411 e. The number of halogens is 2. The third-order valence-corrected chi connectivity index (χ3v) is 5.50. The van der Waals surface area contributed by atoms with E-state index in [1.807, 2.05) is 0 Å². The molecular formula is C21H14F2N8O2. The number of aromatic nitrogens is 7. The second-order valence-corrected chi connectivity index (χ2v) is 7.42. The molecule has 5 aromatic rings. The van der Waals surface area contributed by atoms with E-state index in [1.54, 1.807) is 18.3 Å². The Morgan fingerprint density at radius 1 is 1.15 bits per heavy atom. The van der Waals surface area contributed by atoms with Crippen LogP contribution in [0.1, 0.15) is 33.8 Å². The van der Waals surface area contributed by atoms with E-state index in [2.05, 4.69) is 30.2 Å². The number of hydrogen-bond acceptors (Lipinski definition) is 7. The van der Waals surface area contributed by atoms with Gasteiger partial charge in [-0.05, 0) is 30.3 Å². The van der Waals surface area contributed by atoms with Gasteiger partial charge in [0.1, 0.15) is 17.4 Å². The minimum atomic E-state index is -0.714. The van der Waals surface area contributed by atoms with Crippen molar-refractivity contribution < 1.29 is 18.0 Å². The van der Waals surface area contributed by atoms with E-state index in [0.29, 0.717) is 24.4 Å². The van der Waals surface area contributed by atoms with Gasteiger partial charge in [0.25, 0.3) is 5.89 Å². The lowest BCUT2D eigenvalue weighted by molar-refractivity contribution is 0.0646. The van der Waals surface area contributed by atoms with Crippen LogP contribution in [-0.2, 0) is 6.42 Å². The molecule has 1 unspecified atom stereocenters. The van der Waals surface area contributed by atoms with Crippen molar-refractivity contribution in [2.24, 2.45) is 0 Å². The smallest absolute Gasteiger partial charge is 0.312 e. The topological polar surface area (TPSA) is 118 Å². The van der Waals surface area contributed by atoms with Crippen LogP contribution in [0, 0.1) is 11.6 Å². The van der Waals surface area contributed by atoms with Gasteiger partial charge < -0.3 is 14.3 Å². The number of aromatic amines is 1. The number of imidazole rings is 1. The molecule has 10 nitrogen and oxygen atoms in total. The molecular weight excluding hydrogens is 434 g/mol. The van der Waals surface area contributed by atoms with Gasteiger partial charge in [-0.1, -0.05) is 0 Å². The molecule has 33 heavy (non-hydrogen) atoms. The lowest BCUT2D eigenvalue weighted by atomic mass is 9.99. The van der Waals surface area contributed by atoms with Gasteiger partial charge in [0, 0.05) is 31.1 Å². The van der Waals surface area contributed by atoms with Crippen molar-refractivity contribution in [1.82, 2.24) is 39.7 Å². The molecule has 0 aliphatic carbocycles. The van der Waals surface area contributed by atoms with Crippen molar-refractivity contribution >= 4 is 11.4 Å². The molecule has 6 heterocycles. The molecule has 0 saturated heterocycles. The predicted molar refractivity (Wildman–Crippen MR) is 108 cm³/mol. The summed E-state index contributed by atoms with van der Waals surface area (Å²) >= 11 is 0. The van der Waals surface area contributed by atoms with Gasteiger partial charge in [-0.2, -0.15) is 5.10 Å². The predicted octanol–water partition coefficient (Wildman–Crippen LogP) is 2.57. The van der Waals surface area contributed by atoms with E-state index in [1.165, 1.54) is 40.1 Å². The fourth-order valence-corrected chi connectivity index (χ4v) is 4.00. The van der Waals surface area contributed by atoms with Crippen LogP contribution in [0.5, 0.6) is 0 Å². The minimum Gasteiger partial charge on any atom is -0.411 e. The fourth-order valence-electron chi connectivity index (χ4n) is 4.00. The molecule has 1 aliphatic rings. The highest BCUT2D eigenvalue weighted by Crippen LogP contribution is 2.34. The molecule has 0 aromatic carbocycles. The van der Waals surface area contributed by atoms with Crippen LogP contribution in [0.25, 0.3) is 17.1 Å². The average molecular weight is 448 g/mol. The quantitative estimate of drug-likeness (QED) is 0.451. The Bertz CT molecular complexity index is 1510. The van der Waals surface area contributed by atoms with Crippen molar-refractivity contribution in [3.8, 4) is 11.6 Å². The summed E-state index contributed by atoms with van der Waals surface area (Å²) in [4.78, 5) is 26.2. The second-order valence-electron chi connectivity index (χ2n) is 7.42. The van der Waals surface area contributed by atoms with Crippen LogP contribution in [0.2, 0.25) is 0 Å². The van der Waals surface area contributed by atoms with Gasteiger partial charge in [-0.15, -0.1) is 10.2 Å². The first-order chi connectivity index (χ1) is 16.1. The van der Waals surface area contributed by atoms with E-state index >= 15 is 0 Å². The zero-order chi connectivity index (χ0) is 22.5. The molecule has 164 valence electrons. The van der Waals surface area contributed by atoms with Gasteiger partial charge in [-0.3, -0.25) is 4.79 Å². The number of fused-ring (bicyclic) bond motifs is 2. The summed E-state index contributed by atoms with van der Waals surface area (Å²) < 4.78 is 35.2. The number of H-pyrrole nitrogens is 1. The standard InChI is InChI=1S/C21H14F2N8O2/c22-11-4-2-7-31-15(11)9-14(29-31)18-17-13(25-10-26-17)5-8-30(18)21(32)20-28-27-19(33-20)16-12(23)3-1-6-24-16/h1-4,6-7,9-10,18H,5,8H2,(H,25,26). The number of pyridine rings is 2. The molecule has 1 amide bonds. The summed E-state index contributed by atoms with van der Waals surface area (Å²) in [5.41, 5.74) is 1.99. The minimum absolute atomic E-state index is 0.148. The van der Waals surface area contributed by atoms with Crippen LogP contribution >= 0.6 is 0 Å². The van der Waals surface area contributed by atoms with E-state index in [0.717, 1.165) is 5.69 Å². The summed E-state index contributed by atoms with van der Waals surface area (Å²) in [5, 5.41) is 12.1. The molecule has 0 saturated carbocycles. The molecule has 0 fully saturated rings. The Morgan fingerprint density at radius 3 is 2.88 bits per heavy atom. The van der Waals surface area contributed by atoms with Crippen LogP contribution in [0.4, 0.5) is 8.78 Å². The van der Waals surface area contributed by atoms with Crippen LogP contribution in [0.3, 0.4) is 0 Å². The van der Waals surface area contributed by atoms with Crippen LogP contribution < -0.4 is 0 Å². The monoisotopic (exact) mass is 448 g/mol. The van der Waals surface area contributed by atoms with E-state index in [4.69, 9.17) is 4.42 Å². The Morgan fingerprint density at radius 2 is 2.03 bits per heavy atom. The lowest BCUT2D eigenvalue weighted by Crippen LogP contribution is -2.41. The number of amides is 1. The number of rotatable bonds is 3. The molecule has 0 radical (unpaired) electrons.